The number of rotatable bonds is 9. The molecule has 0 aliphatic carbocycles. The number of nitrogens with two attached hydrogens (primary N) is 1. The molecule has 0 rings (SSSR count). The van der Waals surface area contributed by atoms with Crippen LogP contribution < -0.4 is 16.4 Å². The molecule has 0 radical (unpaired) electrons. The molecular formula is C11H23N3O6. The summed E-state index contributed by atoms with van der Waals surface area (Å²) < 4.78 is 0. The molecular weight excluding hydrogens is 270 g/mol. The van der Waals surface area contributed by atoms with Gasteiger partial charge >= 0.3 is 0 Å². The first-order valence-corrected chi connectivity index (χ1v) is 6.34. The van der Waals surface area contributed by atoms with E-state index in [1.807, 2.05) is 0 Å². The van der Waals surface area contributed by atoms with Crippen LogP contribution in [0.4, 0.5) is 0 Å². The molecule has 118 valence electrons. The first-order chi connectivity index (χ1) is 9.36. The lowest BCUT2D eigenvalue weighted by molar-refractivity contribution is -0.155. The van der Waals surface area contributed by atoms with Gasteiger partial charge in [-0.1, -0.05) is 6.92 Å². The van der Waals surface area contributed by atoms with Gasteiger partial charge in [0.25, 0.3) is 11.8 Å². The minimum Gasteiger partial charge on any atom is -0.387 e. The van der Waals surface area contributed by atoms with Crippen molar-refractivity contribution in [3.05, 3.63) is 0 Å². The molecule has 0 aromatic heterocycles. The van der Waals surface area contributed by atoms with Gasteiger partial charge in [0.2, 0.25) is 0 Å². The molecule has 0 heterocycles. The second-order valence-corrected chi connectivity index (χ2v) is 4.24. The summed E-state index contributed by atoms with van der Waals surface area (Å²) in [4.78, 5) is 22.7. The van der Waals surface area contributed by atoms with Crippen LogP contribution in [0, 0.1) is 0 Å². The molecule has 9 heteroatoms. The normalized spacial score (nSPS) is 16.9. The number of carbonyl (C=O) groups excluding carboxylic acids is 2. The SMILES string of the molecule is CCCNC(=O)[C@H](O)[C@@H](O)[C@@H](O)[C@H](O)C(=O)NCCN. The van der Waals surface area contributed by atoms with Crippen molar-refractivity contribution in [3.8, 4) is 0 Å². The average Bonchev–Trinajstić information content (AvgIpc) is 2.46. The fourth-order valence-electron chi connectivity index (χ4n) is 1.34. The highest BCUT2D eigenvalue weighted by Crippen LogP contribution is 2.06. The van der Waals surface area contributed by atoms with Crippen LogP contribution in [-0.4, -0.2) is 76.3 Å². The fourth-order valence-corrected chi connectivity index (χ4v) is 1.34. The lowest BCUT2D eigenvalue weighted by Gasteiger charge is -2.25. The van der Waals surface area contributed by atoms with Gasteiger partial charge in [-0.25, -0.2) is 0 Å². The van der Waals surface area contributed by atoms with E-state index in [4.69, 9.17) is 5.73 Å². The van der Waals surface area contributed by atoms with Gasteiger partial charge in [-0.05, 0) is 6.42 Å². The van der Waals surface area contributed by atoms with E-state index in [0.29, 0.717) is 6.42 Å². The molecule has 0 aliphatic heterocycles. The van der Waals surface area contributed by atoms with Gasteiger partial charge in [-0.3, -0.25) is 9.59 Å². The van der Waals surface area contributed by atoms with E-state index < -0.39 is 36.2 Å². The standard InChI is InChI=1S/C11H23N3O6/c1-2-4-13-10(19)8(17)6(15)7(16)9(18)11(20)14-5-3-12/h6-9,15-18H,2-5,12H2,1H3,(H,13,19)(H,14,20)/t6-,7+,8+,9-/m0/s1. The van der Waals surface area contributed by atoms with Crippen molar-refractivity contribution in [2.45, 2.75) is 37.8 Å². The summed E-state index contributed by atoms with van der Waals surface area (Å²) in [6.07, 6.45) is -7.30. The van der Waals surface area contributed by atoms with Gasteiger partial charge in [-0.2, -0.15) is 0 Å². The highest BCUT2D eigenvalue weighted by atomic mass is 16.4. The van der Waals surface area contributed by atoms with E-state index in [-0.39, 0.29) is 19.6 Å². The number of aliphatic hydroxyl groups excluding tert-OH is 4. The molecule has 0 unspecified atom stereocenters. The van der Waals surface area contributed by atoms with Crippen molar-refractivity contribution in [1.29, 1.82) is 0 Å². The Morgan fingerprint density at radius 1 is 0.950 bits per heavy atom. The van der Waals surface area contributed by atoms with E-state index >= 15 is 0 Å². The third kappa shape index (κ3) is 5.80. The van der Waals surface area contributed by atoms with Crippen LogP contribution >= 0.6 is 0 Å². The van der Waals surface area contributed by atoms with Crippen molar-refractivity contribution in [3.63, 3.8) is 0 Å². The maximum atomic E-state index is 11.4. The molecule has 0 saturated carbocycles. The highest BCUT2D eigenvalue weighted by Gasteiger charge is 2.37. The van der Waals surface area contributed by atoms with Gasteiger partial charge in [-0.15, -0.1) is 0 Å². The maximum absolute atomic E-state index is 11.4. The van der Waals surface area contributed by atoms with Crippen molar-refractivity contribution < 1.29 is 30.0 Å². The van der Waals surface area contributed by atoms with E-state index in [1.165, 1.54) is 0 Å². The topological polar surface area (TPSA) is 165 Å². The monoisotopic (exact) mass is 293 g/mol. The fraction of sp³-hybridized carbons (Fsp3) is 0.818. The molecule has 0 bridgehead atoms. The molecule has 0 fully saturated rings. The Balaban J connectivity index is 4.46. The third-order valence-corrected chi connectivity index (χ3v) is 2.53. The largest absolute Gasteiger partial charge is 0.387 e. The lowest BCUT2D eigenvalue weighted by atomic mass is 10.0. The Bertz CT molecular complexity index is 285. The second-order valence-electron chi connectivity index (χ2n) is 4.24. The Morgan fingerprint density at radius 3 is 1.70 bits per heavy atom. The molecule has 2 amide bonds. The number of nitrogens with one attached hydrogen (secondary N) is 2. The zero-order valence-electron chi connectivity index (χ0n) is 11.3. The summed E-state index contributed by atoms with van der Waals surface area (Å²) >= 11 is 0. The summed E-state index contributed by atoms with van der Waals surface area (Å²) in [5.74, 6) is -1.85. The molecule has 0 aliphatic rings. The maximum Gasteiger partial charge on any atom is 0.251 e. The predicted molar refractivity (Wildman–Crippen MR) is 69.4 cm³/mol. The smallest absolute Gasteiger partial charge is 0.251 e. The van der Waals surface area contributed by atoms with Crippen LogP contribution in [0.25, 0.3) is 0 Å². The number of carbonyl (C=O) groups is 2. The van der Waals surface area contributed by atoms with Crippen LogP contribution in [0.5, 0.6) is 0 Å². The minimum absolute atomic E-state index is 0.0816. The second kappa shape index (κ2) is 9.61. The molecule has 0 aromatic rings. The predicted octanol–water partition coefficient (Wildman–Crippen LogP) is -3.97. The van der Waals surface area contributed by atoms with Crippen molar-refractivity contribution in [1.82, 2.24) is 10.6 Å². The van der Waals surface area contributed by atoms with Gasteiger partial charge in [0.1, 0.15) is 12.2 Å². The Kier molecular flexibility index (Phi) is 9.01. The molecule has 4 atom stereocenters. The number of hydrogen-bond donors (Lipinski definition) is 7. The Morgan fingerprint density at radius 2 is 1.35 bits per heavy atom. The van der Waals surface area contributed by atoms with E-state index in [2.05, 4.69) is 10.6 Å². The van der Waals surface area contributed by atoms with Crippen LogP contribution in [0.3, 0.4) is 0 Å². The zero-order valence-corrected chi connectivity index (χ0v) is 11.3. The van der Waals surface area contributed by atoms with Gasteiger partial charge < -0.3 is 36.8 Å². The number of hydrogen-bond acceptors (Lipinski definition) is 7. The van der Waals surface area contributed by atoms with Crippen molar-refractivity contribution in [2.24, 2.45) is 5.73 Å². The van der Waals surface area contributed by atoms with Crippen LogP contribution in [0.1, 0.15) is 13.3 Å². The van der Waals surface area contributed by atoms with Gasteiger partial charge in [0.05, 0.1) is 0 Å². The molecule has 9 nitrogen and oxygen atoms in total. The summed E-state index contributed by atoms with van der Waals surface area (Å²) in [6, 6.07) is 0. The zero-order chi connectivity index (χ0) is 15.7. The van der Waals surface area contributed by atoms with E-state index in [9.17, 15) is 30.0 Å². The quantitative estimate of drug-likeness (QED) is 0.228. The average molecular weight is 293 g/mol. The highest BCUT2D eigenvalue weighted by molar-refractivity contribution is 5.83. The molecule has 0 saturated heterocycles. The van der Waals surface area contributed by atoms with Crippen LogP contribution in [-0.2, 0) is 9.59 Å². The number of aliphatic hydroxyl groups is 4. The first-order valence-electron chi connectivity index (χ1n) is 6.34. The summed E-state index contributed by atoms with van der Waals surface area (Å²) in [5, 5.41) is 42.6. The lowest BCUT2D eigenvalue weighted by Crippen LogP contribution is -2.54. The molecule has 20 heavy (non-hydrogen) atoms. The molecule has 0 aromatic carbocycles. The Labute approximate surface area is 116 Å². The molecule has 8 N–H and O–H groups in total. The minimum atomic E-state index is -2.00. The van der Waals surface area contributed by atoms with Crippen LogP contribution in [0.2, 0.25) is 0 Å². The third-order valence-electron chi connectivity index (χ3n) is 2.53. The first kappa shape index (κ1) is 18.7. The van der Waals surface area contributed by atoms with Crippen LogP contribution in [0.15, 0.2) is 0 Å². The van der Waals surface area contributed by atoms with Crippen molar-refractivity contribution >= 4 is 11.8 Å². The molecule has 0 spiro atoms. The summed E-state index contributed by atoms with van der Waals surface area (Å²) in [5.41, 5.74) is 5.15. The van der Waals surface area contributed by atoms with E-state index in [0.717, 1.165) is 0 Å². The van der Waals surface area contributed by atoms with Gasteiger partial charge in [0.15, 0.2) is 12.2 Å². The summed E-state index contributed by atoms with van der Waals surface area (Å²) in [7, 11) is 0. The van der Waals surface area contributed by atoms with E-state index in [1.54, 1.807) is 6.92 Å². The Hall–Kier alpha value is -1.26. The van der Waals surface area contributed by atoms with Crippen molar-refractivity contribution in [2.75, 3.05) is 19.6 Å². The van der Waals surface area contributed by atoms with Gasteiger partial charge in [0, 0.05) is 19.6 Å². The summed E-state index contributed by atoms with van der Waals surface area (Å²) in [6.45, 7) is 2.30. The number of amides is 2.